The van der Waals surface area contributed by atoms with Gasteiger partial charge in [-0.2, -0.15) is 0 Å². The van der Waals surface area contributed by atoms with Crippen molar-refractivity contribution in [3.05, 3.63) is 78.9 Å². The lowest BCUT2D eigenvalue weighted by Crippen LogP contribution is -2.60. The van der Waals surface area contributed by atoms with Crippen molar-refractivity contribution >= 4 is 29.6 Å². The van der Waals surface area contributed by atoms with E-state index in [9.17, 15) is 24.0 Å². The molecule has 0 amide bonds. The van der Waals surface area contributed by atoms with Gasteiger partial charge in [-0.05, 0) is 91.8 Å². The fourth-order valence-corrected chi connectivity index (χ4v) is 7.87. The van der Waals surface area contributed by atoms with E-state index in [0.29, 0.717) is 12.0 Å². The smallest absolute Gasteiger partial charge is 0.420 e. The van der Waals surface area contributed by atoms with E-state index < -0.39 is 77.4 Å². The summed E-state index contributed by atoms with van der Waals surface area (Å²) in [7, 11) is 3.75. The summed E-state index contributed by atoms with van der Waals surface area (Å²) in [5.74, 6) is -5.36. The highest BCUT2D eigenvalue weighted by molar-refractivity contribution is 6.00. The van der Waals surface area contributed by atoms with Crippen molar-refractivity contribution in [2.45, 2.75) is 123 Å². The number of Topliss-reactive ketones (excluding diaryl/α,β-unsaturated/α-hetero) is 2. The number of hydrogen-bond acceptors (Lipinski definition) is 13. The van der Waals surface area contributed by atoms with E-state index in [4.69, 9.17) is 28.4 Å². The molecule has 0 N–H and O–H groups in total. The van der Waals surface area contributed by atoms with Crippen molar-refractivity contribution in [2.24, 2.45) is 17.8 Å². The molecule has 2 aliphatic heterocycles. The molecule has 1 aromatic heterocycles. The molecule has 2 aromatic rings. The van der Waals surface area contributed by atoms with Gasteiger partial charge in [0.15, 0.2) is 29.6 Å². The van der Waals surface area contributed by atoms with Gasteiger partial charge < -0.3 is 33.3 Å². The highest BCUT2D eigenvalue weighted by atomic mass is 16.7. The lowest BCUT2D eigenvalue weighted by molar-refractivity contribution is -0.296. The molecule has 0 radical (unpaired) electrons. The Hall–Kier alpha value is -4.50. The summed E-state index contributed by atoms with van der Waals surface area (Å²) in [4.78, 5) is 75.4. The zero-order valence-electron chi connectivity index (χ0n) is 34.8. The topological polar surface area (TPSA) is 162 Å². The van der Waals surface area contributed by atoms with Gasteiger partial charge in [-0.15, -0.1) is 6.58 Å². The summed E-state index contributed by atoms with van der Waals surface area (Å²) in [6.45, 7) is 17.2. The molecule has 57 heavy (non-hydrogen) atoms. The van der Waals surface area contributed by atoms with Crippen LogP contribution in [0.15, 0.2) is 73.4 Å². The molecular formula is C43H59N3O11. The van der Waals surface area contributed by atoms with Crippen LogP contribution in [0.4, 0.5) is 4.79 Å². The standard InChI is InChI=1S/C43H59N3O11/c1-12-21-52-43(9)24-27(4)34(47)26(3)23-42(8,57-41(51)46-20-19-44-25-46)33(13-2)54-38(49)30(7)35(48)29(6)37(43)56-40-36(32(45(10)11)22-28(5)53-40)55-39(50)31-17-15-14-16-18-31/h12,14-20,23,25,27-30,32-33,36-37,40H,1,13,21-22,24H2,2-11H3/b26-23+/t27-,28-,29+,30-,32+,33-,36-,37-,40+,42+,43-/m1/s1. The van der Waals surface area contributed by atoms with E-state index in [2.05, 4.69) is 11.6 Å². The number of carbonyl (C=O) groups is 5. The maximum absolute atomic E-state index is 14.5. The molecule has 14 heteroatoms. The second kappa shape index (κ2) is 19.3. The van der Waals surface area contributed by atoms with E-state index in [1.54, 1.807) is 78.0 Å². The van der Waals surface area contributed by atoms with Crippen molar-refractivity contribution in [2.75, 3.05) is 20.7 Å². The van der Waals surface area contributed by atoms with Crippen LogP contribution < -0.4 is 0 Å². The Labute approximate surface area is 335 Å². The molecule has 0 unspecified atom stereocenters. The number of ketones is 2. The molecule has 312 valence electrons. The number of allylic oxidation sites excluding steroid dienone is 1. The second-order valence-corrected chi connectivity index (χ2v) is 15.9. The van der Waals surface area contributed by atoms with Crippen LogP contribution in [0, 0.1) is 17.8 Å². The molecule has 0 bridgehead atoms. The first-order valence-electron chi connectivity index (χ1n) is 19.5. The van der Waals surface area contributed by atoms with Crippen LogP contribution in [-0.2, 0) is 42.8 Å². The van der Waals surface area contributed by atoms with Gasteiger partial charge in [0, 0.05) is 24.2 Å². The highest BCUT2D eigenvalue weighted by Gasteiger charge is 2.51. The van der Waals surface area contributed by atoms with Crippen LogP contribution in [-0.4, -0.2) is 113 Å². The quantitative estimate of drug-likeness (QED) is 0.120. The zero-order chi connectivity index (χ0) is 42.2. The Bertz CT molecular complexity index is 1760. The van der Waals surface area contributed by atoms with Crippen molar-refractivity contribution in [3.63, 3.8) is 0 Å². The van der Waals surface area contributed by atoms with Gasteiger partial charge in [0.25, 0.3) is 0 Å². The fourth-order valence-electron chi connectivity index (χ4n) is 7.87. The van der Waals surface area contributed by atoms with Crippen LogP contribution in [0.25, 0.3) is 0 Å². The van der Waals surface area contributed by atoms with E-state index in [1.807, 2.05) is 25.9 Å². The Morgan fingerprint density at radius 2 is 1.77 bits per heavy atom. The normalized spacial score (nSPS) is 34.1. The number of nitrogens with zero attached hydrogens (tertiary/aromatic N) is 3. The Morgan fingerprint density at radius 3 is 2.37 bits per heavy atom. The largest absolute Gasteiger partial charge is 0.457 e. The van der Waals surface area contributed by atoms with Crippen molar-refractivity contribution in [1.29, 1.82) is 0 Å². The number of imidazole rings is 1. The minimum Gasteiger partial charge on any atom is -0.457 e. The van der Waals surface area contributed by atoms with Crippen LogP contribution in [0.3, 0.4) is 0 Å². The Balaban J connectivity index is 1.83. The average molecular weight is 794 g/mol. The van der Waals surface area contributed by atoms with Gasteiger partial charge in [0.1, 0.15) is 18.3 Å². The summed E-state index contributed by atoms with van der Waals surface area (Å²) >= 11 is 0. The van der Waals surface area contributed by atoms with Gasteiger partial charge in [0.05, 0.1) is 36.0 Å². The summed E-state index contributed by atoms with van der Waals surface area (Å²) in [5, 5.41) is 0. The predicted molar refractivity (Wildman–Crippen MR) is 210 cm³/mol. The summed E-state index contributed by atoms with van der Waals surface area (Å²) in [6, 6.07) is 8.23. The van der Waals surface area contributed by atoms with Crippen molar-refractivity contribution in [3.8, 4) is 0 Å². The summed E-state index contributed by atoms with van der Waals surface area (Å²) < 4.78 is 39.0. The lowest BCUT2D eigenvalue weighted by Gasteiger charge is -2.47. The van der Waals surface area contributed by atoms with Gasteiger partial charge in [-0.1, -0.05) is 45.0 Å². The third-order valence-electron chi connectivity index (χ3n) is 10.9. The van der Waals surface area contributed by atoms with Crippen molar-refractivity contribution in [1.82, 2.24) is 14.5 Å². The summed E-state index contributed by atoms with van der Waals surface area (Å²) in [6.07, 6.45) is 2.33. The molecule has 1 fully saturated rings. The highest BCUT2D eigenvalue weighted by Crippen LogP contribution is 2.39. The number of rotatable bonds is 10. The van der Waals surface area contributed by atoms with E-state index in [0.717, 1.165) is 4.57 Å². The molecule has 1 saturated heterocycles. The van der Waals surface area contributed by atoms with Crippen LogP contribution in [0.5, 0.6) is 0 Å². The predicted octanol–water partition coefficient (Wildman–Crippen LogP) is 5.98. The number of esters is 2. The second-order valence-electron chi connectivity index (χ2n) is 15.9. The summed E-state index contributed by atoms with van der Waals surface area (Å²) in [5.41, 5.74) is -2.42. The molecular weight excluding hydrogens is 734 g/mol. The lowest BCUT2D eigenvalue weighted by atomic mass is 9.76. The molecule has 14 nitrogen and oxygen atoms in total. The zero-order valence-corrected chi connectivity index (χ0v) is 34.8. The van der Waals surface area contributed by atoms with Crippen LogP contribution >= 0.6 is 0 Å². The van der Waals surface area contributed by atoms with Gasteiger partial charge in [-0.3, -0.25) is 14.4 Å². The SMILES string of the molecule is C=CCO[C@]1(C)C[C@@H](C)C(=O)/C(C)=C/[C@](C)(OC(=O)n2ccnc2)[C@@H](CC)OC(=O)[C@H](C)C(=O)[C@H](C)[C@H]1O[C@@H]1O[C@H](C)C[C@H](N(C)C)[C@H]1OC(=O)c1ccccc1. The first-order valence-corrected chi connectivity index (χ1v) is 19.5. The van der Waals surface area contributed by atoms with E-state index >= 15 is 0 Å². The molecule has 0 spiro atoms. The first kappa shape index (κ1) is 45.2. The molecule has 0 aliphatic carbocycles. The van der Waals surface area contributed by atoms with Crippen LogP contribution in [0.1, 0.15) is 85.0 Å². The number of cyclic esters (lactones) is 1. The molecule has 1 aromatic carbocycles. The minimum absolute atomic E-state index is 0.0275. The van der Waals surface area contributed by atoms with Crippen LogP contribution in [0.2, 0.25) is 0 Å². The van der Waals surface area contributed by atoms with Gasteiger partial charge >= 0.3 is 18.0 Å². The Morgan fingerprint density at radius 1 is 1.09 bits per heavy atom. The number of benzene rings is 1. The maximum Gasteiger partial charge on any atom is 0.420 e. The Kier molecular flexibility index (Phi) is 15.3. The molecule has 4 rings (SSSR count). The van der Waals surface area contributed by atoms with E-state index in [-0.39, 0.29) is 43.0 Å². The average Bonchev–Trinajstić information content (AvgIpc) is 3.73. The molecule has 3 heterocycles. The first-order chi connectivity index (χ1) is 26.8. The third kappa shape index (κ3) is 10.7. The van der Waals surface area contributed by atoms with Gasteiger partial charge in [-0.25, -0.2) is 19.1 Å². The number of likely N-dealkylation sites (N-methyl/N-ethyl adjacent to an activating group) is 1. The maximum atomic E-state index is 14.5. The number of ether oxygens (including phenoxy) is 6. The van der Waals surface area contributed by atoms with Gasteiger partial charge in [0.2, 0.25) is 0 Å². The van der Waals surface area contributed by atoms with Crippen molar-refractivity contribution < 1.29 is 52.4 Å². The minimum atomic E-state index is -1.62. The third-order valence-corrected chi connectivity index (χ3v) is 10.9. The fraction of sp³-hybridized carbons (Fsp3) is 0.581. The molecule has 2 aliphatic rings. The number of aromatic nitrogens is 2. The molecule has 11 atom stereocenters. The molecule has 0 saturated carbocycles. The van der Waals surface area contributed by atoms with E-state index in [1.165, 1.54) is 31.7 Å². The number of hydrogen-bond donors (Lipinski definition) is 0. The number of carbonyl (C=O) groups excluding carboxylic acids is 5. The monoisotopic (exact) mass is 793 g/mol.